The van der Waals surface area contributed by atoms with Crippen LogP contribution in [-0.4, -0.2) is 46.6 Å². The molecular formula is C17H19F2NO6. The van der Waals surface area contributed by atoms with E-state index in [-0.39, 0.29) is 29.4 Å². The highest BCUT2D eigenvalue weighted by atomic mass is 19.3. The highest BCUT2D eigenvalue weighted by molar-refractivity contribution is 5.98. The van der Waals surface area contributed by atoms with Gasteiger partial charge in [0.2, 0.25) is 5.75 Å². The fourth-order valence-electron chi connectivity index (χ4n) is 2.01. The van der Waals surface area contributed by atoms with Crippen LogP contribution in [0, 0.1) is 11.3 Å². The number of esters is 1. The van der Waals surface area contributed by atoms with Gasteiger partial charge < -0.3 is 23.7 Å². The van der Waals surface area contributed by atoms with Crippen LogP contribution in [0.4, 0.5) is 8.78 Å². The van der Waals surface area contributed by atoms with E-state index in [0.29, 0.717) is 5.56 Å². The van der Waals surface area contributed by atoms with Crippen LogP contribution in [-0.2, 0) is 14.3 Å². The van der Waals surface area contributed by atoms with Gasteiger partial charge >= 0.3 is 12.6 Å². The van der Waals surface area contributed by atoms with Gasteiger partial charge in [-0.1, -0.05) is 0 Å². The Balaban J connectivity index is 3.22. The van der Waals surface area contributed by atoms with Gasteiger partial charge in [0.25, 0.3) is 0 Å². The van der Waals surface area contributed by atoms with Gasteiger partial charge in [0.1, 0.15) is 17.7 Å². The van der Waals surface area contributed by atoms with Crippen molar-refractivity contribution in [1.29, 1.82) is 5.26 Å². The quantitative estimate of drug-likeness (QED) is 0.375. The molecule has 9 heteroatoms. The lowest BCUT2D eigenvalue weighted by Crippen LogP contribution is -2.20. The molecule has 0 radical (unpaired) electrons. The monoisotopic (exact) mass is 371 g/mol. The second-order valence-corrected chi connectivity index (χ2v) is 4.97. The zero-order chi connectivity index (χ0) is 19.7. The van der Waals surface area contributed by atoms with Crippen LogP contribution in [0.25, 0.3) is 6.08 Å². The van der Waals surface area contributed by atoms with Crippen LogP contribution in [0.15, 0.2) is 17.7 Å². The average molecular weight is 371 g/mol. The predicted molar refractivity (Wildman–Crippen MR) is 87.2 cm³/mol. The van der Waals surface area contributed by atoms with Crippen LogP contribution in [0.2, 0.25) is 0 Å². The molecule has 0 bridgehead atoms. The third-order valence-corrected chi connectivity index (χ3v) is 3.05. The number of nitriles is 1. The third-order valence-electron chi connectivity index (χ3n) is 3.05. The van der Waals surface area contributed by atoms with Crippen molar-refractivity contribution in [3.63, 3.8) is 0 Å². The minimum atomic E-state index is -3.08. The average Bonchev–Trinajstić information content (AvgIpc) is 2.59. The van der Waals surface area contributed by atoms with Crippen molar-refractivity contribution in [2.45, 2.75) is 19.6 Å². The molecule has 0 aromatic heterocycles. The van der Waals surface area contributed by atoms with Gasteiger partial charge in [-0.15, -0.1) is 0 Å². The Morgan fingerprint density at radius 2 is 1.81 bits per heavy atom. The minimum absolute atomic E-state index is 0.0469. The van der Waals surface area contributed by atoms with E-state index >= 15 is 0 Å². The van der Waals surface area contributed by atoms with Crippen LogP contribution in [0.5, 0.6) is 17.2 Å². The number of carbonyl (C=O) groups is 1. The van der Waals surface area contributed by atoms with Crippen LogP contribution >= 0.6 is 0 Å². The molecule has 1 aromatic carbocycles. The maximum Gasteiger partial charge on any atom is 0.387 e. The molecule has 0 amide bonds. The summed E-state index contributed by atoms with van der Waals surface area (Å²) in [4.78, 5) is 12.0. The van der Waals surface area contributed by atoms with E-state index in [1.807, 2.05) is 0 Å². The molecule has 0 saturated carbocycles. The summed E-state index contributed by atoms with van der Waals surface area (Å²) in [5.74, 6) is -1.23. The van der Waals surface area contributed by atoms with Crippen LogP contribution < -0.4 is 14.2 Å². The van der Waals surface area contributed by atoms with Crippen molar-refractivity contribution in [3.05, 3.63) is 23.3 Å². The number of rotatable bonds is 9. The van der Waals surface area contributed by atoms with Crippen molar-refractivity contribution in [1.82, 2.24) is 0 Å². The molecule has 0 unspecified atom stereocenters. The maximum absolute atomic E-state index is 12.5. The summed E-state index contributed by atoms with van der Waals surface area (Å²) in [6, 6.07) is 4.38. The molecule has 0 fully saturated rings. The molecule has 26 heavy (non-hydrogen) atoms. The summed E-state index contributed by atoms with van der Waals surface area (Å²) in [5.41, 5.74) is 0.00722. The zero-order valence-electron chi connectivity index (χ0n) is 14.7. The Labute approximate surface area is 149 Å². The van der Waals surface area contributed by atoms with E-state index in [1.165, 1.54) is 39.5 Å². The maximum atomic E-state index is 12.5. The molecule has 1 rings (SSSR count). The van der Waals surface area contributed by atoms with Crippen molar-refractivity contribution in [2.75, 3.05) is 27.9 Å². The molecule has 142 valence electrons. The van der Waals surface area contributed by atoms with Crippen molar-refractivity contribution < 1.29 is 37.3 Å². The van der Waals surface area contributed by atoms with Gasteiger partial charge in [-0.2, -0.15) is 14.0 Å². The van der Waals surface area contributed by atoms with Gasteiger partial charge in [-0.3, -0.25) is 0 Å². The normalized spacial score (nSPS) is 12.3. The van der Waals surface area contributed by atoms with E-state index in [1.54, 1.807) is 13.0 Å². The van der Waals surface area contributed by atoms with Crippen LogP contribution in [0.1, 0.15) is 12.5 Å². The van der Waals surface area contributed by atoms with E-state index in [0.717, 1.165) is 0 Å². The second-order valence-electron chi connectivity index (χ2n) is 4.97. The molecule has 0 aliphatic carbocycles. The topological polar surface area (TPSA) is 87.0 Å². The van der Waals surface area contributed by atoms with E-state index in [4.69, 9.17) is 18.9 Å². The summed E-state index contributed by atoms with van der Waals surface area (Å²) >= 11 is 0. The highest BCUT2D eigenvalue weighted by Gasteiger charge is 2.19. The van der Waals surface area contributed by atoms with Crippen molar-refractivity contribution in [3.8, 4) is 23.3 Å². The number of hydrogen-bond donors (Lipinski definition) is 0. The van der Waals surface area contributed by atoms with Gasteiger partial charge in [-0.05, 0) is 30.7 Å². The molecular weight excluding hydrogens is 352 g/mol. The van der Waals surface area contributed by atoms with Crippen molar-refractivity contribution in [2.24, 2.45) is 0 Å². The number of nitrogens with zero attached hydrogens (tertiary/aromatic N) is 1. The first kappa shape index (κ1) is 21.2. The second kappa shape index (κ2) is 10.2. The number of alkyl halides is 2. The Hall–Kier alpha value is -2.86. The number of methoxy groups -OCH3 is 3. The Bertz CT molecular complexity index is 674. The first-order chi connectivity index (χ1) is 12.4. The van der Waals surface area contributed by atoms with Gasteiger partial charge in [0, 0.05) is 7.11 Å². The smallest absolute Gasteiger partial charge is 0.387 e. The molecule has 0 N–H and O–H groups in total. The molecule has 0 aliphatic heterocycles. The number of carbonyl (C=O) groups excluding carboxylic acids is 1. The summed E-state index contributed by atoms with van der Waals surface area (Å²) in [6.45, 7) is -1.30. The standard InChI is InChI=1S/C17H19F2NO6/c1-10(9-22-2)25-16(21)12(8-20)5-11-6-13(23-3)15(26-17(18)19)14(7-11)24-4/h5-7,10,17H,9H2,1-4H3/b12-5+/t10-/m1/s1. The fourth-order valence-corrected chi connectivity index (χ4v) is 2.01. The van der Waals surface area contributed by atoms with Gasteiger partial charge in [0.05, 0.1) is 20.8 Å². The van der Waals surface area contributed by atoms with E-state index in [2.05, 4.69) is 4.74 Å². The number of ether oxygens (including phenoxy) is 5. The third kappa shape index (κ3) is 5.89. The lowest BCUT2D eigenvalue weighted by Gasteiger charge is -2.15. The highest BCUT2D eigenvalue weighted by Crippen LogP contribution is 2.40. The van der Waals surface area contributed by atoms with Gasteiger partial charge in [0.15, 0.2) is 11.5 Å². The Morgan fingerprint density at radius 3 is 2.23 bits per heavy atom. The molecule has 0 saturated heterocycles. The predicted octanol–water partition coefficient (Wildman–Crippen LogP) is 2.79. The largest absolute Gasteiger partial charge is 0.493 e. The number of hydrogen-bond acceptors (Lipinski definition) is 7. The minimum Gasteiger partial charge on any atom is -0.493 e. The lowest BCUT2D eigenvalue weighted by molar-refractivity contribution is -0.145. The summed E-state index contributed by atoms with van der Waals surface area (Å²) in [6.07, 6.45) is 0.675. The van der Waals surface area contributed by atoms with E-state index in [9.17, 15) is 18.8 Å². The zero-order valence-corrected chi connectivity index (χ0v) is 14.7. The molecule has 0 spiro atoms. The molecule has 1 aromatic rings. The Kier molecular flexibility index (Phi) is 8.31. The molecule has 7 nitrogen and oxygen atoms in total. The van der Waals surface area contributed by atoms with E-state index < -0.39 is 18.7 Å². The van der Waals surface area contributed by atoms with Crippen molar-refractivity contribution >= 4 is 12.0 Å². The summed E-state index contributed by atoms with van der Waals surface area (Å²) in [5, 5.41) is 9.19. The molecule has 0 aliphatic rings. The first-order valence-electron chi connectivity index (χ1n) is 7.38. The number of halogens is 2. The summed E-state index contributed by atoms with van der Waals surface area (Å²) in [7, 11) is 3.96. The molecule has 1 atom stereocenters. The SMILES string of the molecule is COC[C@@H](C)OC(=O)/C(C#N)=C/c1cc(OC)c(OC(F)F)c(OC)c1. The Morgan fingerprint density at radius 1 is 1.23 bits per heavy atom. The molecule has 0 heterocycles. The lowest BCUT2D eigenvalue weighted by atomic mass is 10.1. The first-order valence-corrected chi connectivity index (χ1v) is 7.38. The fraction of sp³-hybridized carbons (Fsp3) is 0.412. The van der Waals surface area contributed by atoms with Gasteiger partial charge in [-0.25, -0.2) is 4.79 Å². The summed E-state index contributed by atoms with van der Waals surface area (Å²) < 4.78 is 49.4. The van der Waals surface area contributed by atoms with Crippen LogP contribution in [0.3, 0.4) is 0 Å². The number of benzene rings is 1.